The van der Waals surface area contributed by atoms with Crippen LogP contribution in [0.25, 0.3) is 0 Å². The van der Waals surface area contributed by atoms with Crippen LogP contribution in [0.2, 0.25) is 0 Å². The summed E-state index contributed by atoms with van der Waals surface area (Å²) in [5.41, 5.74) is 6.06. The lowest BCUT2D eigenvalue weighted by Gasteiger charge is -2.21. The maximum Gasteiger partial charge on any atom is 0.243 e. The lowest BCUT2D eigenvalue weighted by Crippen LogP contribution is -2.31. The second kappa shape index (κ2) is 6.48. The SMILES string of the molecule is CC(C)C(NS(=O)(=O)c1ccc(Br)cc1N)c1cccs1. The van der Waals surface area contributed by atoms with Crippen molar-refractivity contribution in [1.29, 1.82) is 0 Å². The predicted octanol–water partition coefficient (Wildman–Crippen LogP) is 3.77. The van der Waals surface area contributed by atoms with Crippen LogP contribution in [-0.2, 0) is 10.0 Å². The van der Waals surface area contributed by atoms with Gasteiger partial charge in [-0.25, -0.2) is 13.1 Å². The van der Waals surface area contributed by atoms with Gasteiger partial charge in [0.1, 0.15) is 4.90 Å². The number of thiophene rings is 1. The minimum atomic E-state index is -3.67. The Bertz CT molecular complexity index is 713. The van der Waals surface area contributed by atoms with Crippen LogP contribution >= 0.6 is 27.3 Å². The number of rotatable bonds is 5. The van der Waals surface area contributed by atoms with Gasteiger partial charge in [-0.15, -0.1) is 11.3 Å². The third-order valence-corrected chi connectivity index (χ3v) is 6.02. The maximum absolute atomic E-state index is 12.6. The summed E-state index contributed by atoms with van der Waals surface area (Å²) in [4.78, 5) is 1.09. The highest BCUT2D eigenvalue weighted by Crippen LogP contribution is 2.29. The van der Waals surface area contributed by atoms with Gasteiger partial charge in [0, 0.05) is 9.35 Å². The molecular weight excluding hydrogens is 372 g/mol. The molecule has 0 saturated heterocycles. The van der Waals surface area contributed by atoms with Gasteiger partial charge in [0.2, 0.25) is 10.0 Å². The molecule has 3 N–H and O–H groups in total. The van der Waals surface area contributed by atoms with E-state index in [0.29, 0.717) is 0 Å². The first-order valence-electron chi connectivity index (χ1n) is 6.42. The maximum atomic E-state index is 12.6. The first-order chi connectivity index (χ1) is 9.81. The zero-order chi connectivity index (χ0) is 15.6. The van der Waals surface area contributed by atoms with E-state index in [0.717, 1.165) is 9.35 Å². The van der Waals surface area contributed by atoms with Crippen LogP contribution in [0.3, 0.4) is 0 Å². The molecule has 4 nitrogen and oxygen atoms in total. The molecule has 1 aromatic carbocycles. The Morgan fingerprint density at radius 2 is 2.00 bits per heavy atom. The van der Waals surface area contributed by atoms with E-state index in [2.05, 4.69) is 20.7 Å². The number of benzene rings is 1. The number of hydrogen-bond acceptors (Lipinski definition) is 4. The zero-order valence-electron chi connectivity index (χ0n) is 11.7. The summed E-state index contributed by atoms with van der Waals surface area (Å²) in [6.45, 7) is 3.97. The molecule has 2 rings (SSSR count). The van der Waals surface area contributed by atoms with Crippen molar-refractivity contribution in [3.05, 3.63) is 45.1 Å². The van der Waals surface area contributed by atoms with E-state index in [-0.39, 0.29) is 22.5 Å². The summed E-state index contributed by atoms with van der Waals surface area (Å²) in [6.07, 6.45) is 0. The monoisotopic (exact) mass is 388 g/mol. The van der Waals surface area contributed by atoms with Crippen LogP contribution in [0.1, 0.15) is 24.8 Å². The summed E-state index contributed by atoms with van der Waals surface area (Å²) >= 11 is 4.81. The van der Waals surface area contributed by atoms with E-state index in [9.17, 15) is 8.42 Å². The second-order valence-corrected chi connectivity index (χ2v) is 8.62. The summed E-state index contributed by atoms with van der Waals surface area (Å²) in [5.74, 6) is 0.134. The van der Waals surface area contributed by atoms with Gasteiger partial charge < -0.3 is 5.73 Å². The molecule has 0 bridgehead atoms. The Morgan fingerprint density at radius 3 is 2.52 bits per heavy atom. The highest BCUT2D eigenvalue weighted by Gasteiger charge is 2.26. The smallest absolute Gasteiger partial charge is 0.243 e. The lowest BCUT2D eigenvalue weighted by atomic mass is 10.0. The van der Waals surface area contributed by atoms with Crippen LogP contribution in [0.4, 0.5) is 5.69 Å². The summed E-state index contributed by atoms with van der Waals surface area (Å²) < 4.78 is 28.7. The molecule has 0 radical (unpaired) electrons. The quantitative estimate of drug-likeness (QED) is 0.765. The zero-order valence-corrected chi connectivity index (χ0v) is 14.9. The highest BCUT2D eigenvalue weighted by atomic mass is 79.9. The third-order valence-electron chi connectivity index (χ3n) is 3.06. The Labute approximate surface area is 137 Å². The first-order valence-corrected chi connectivity index (χ1v) is 9.57. The molecule has 114 valence electrons. The number of halogens is 1. The molecular formula is C14H17BrN2O2S2. The molecule has 1 aromatic heterocycles. The highest BCUT2D eigenvalue weighted by molar-refractivity contribution is 9.10. The summed E-state index contributed by atoms with van der Waals surface area (Å²) in [6, 6.07) is 8.34. The fourth-order valence-corrected chi connectivity index (χ4v) is 4.86. The molecule has 0 aliphatic heterocycles. The number of nitrogens with two attached hydrogens (primary N) is 1. The Kier molecular flexibility index (Phi) is 5.08. The van der Waals surface area contributed by atoms with Crippen molar-refractivity contribution in [1.82, 2.24) is 4.72 Å². The number of nitrogens with one attached hydrogen (secondary N) is 1. The molecule has 0 spiro atoms. The molecule has 1 heterocycles. The summed E-state index contributed by atoms with van der Waals surface area (Å²) in [5, 5.41) is 1.94. The van der Waals surface area contributed by atoms with Gasteiger partial charge in [0.05, 0.1) is 11.7 Å². The molecule has 1 unspecified atom stereocenters. The van der Waals surface area contributed by atoms with Gasteiger partial charge in [-0.05, 0) is 35.6 Å². The molecule has 0 saturated carbocycles. The van der Waals surface area contributed by atoms with Crippen molar-refractivity contribution in [3.8, 4) is 0 Å². The number of nitrogen functional groups attached to an aromatic ring is 1. The van der Waals surface area contributed by atoms with Gasteiger partial charge in [-0.2, -0.15) is 0 Å². The average Bonchev–Trinajstić information content (AvgIpc) is 2.88. The molecule has 0 fully saturated rings. The predicted molar refractivity (Wildman–Crippen MR) is 90.8 cm³/mol. The van der Waals surface area contributed by atoms with Crippen LogP contribution in [0.15, 0.2) is 45.1 Å². The van der Waals surface area contributed by atoms with Gasteiger partial charge in [0.25, 0.3) is 0 Å². The third kappa shape index (κ3) is 3.85. The molecule has 0 aliphatic rings. The van der Waals surface area contributed by atoms with Crippen molar-refractivity contribution >= 4 is 43.0 Å². The van der Waals surface area contributed by atoms with E-state index < -0.39 is 10.0 Å². The Hall–Kier alpha value is -0.890. The van der Waals surface area contributed by atoms with Crippen molar-refractivity contribution < 1.29 is 8.42 Å². The molecule has 0 aliphatic carbocycles. The van der Waals surface area contributed by atoms with Gasteiger partial charge >= 0.3 is 0 Å². The molecule has 2 aromatic rings. The molecule has 7 heteroatoms. The van der Waals surface area contributed by atoms with Crippen LogP contribution in [-0.4, -0.2) is 8.42 Å². The van der Waals surface area contributed by atoms with Crippen LogP contribution in [0.5, 0.6) is 0 Å². The fraction of sp³-hybridized carbons (Fsp3) is 0.286. The van der Waals surface area contributed by atoms with Crippen molar-refractivity contribution in [2.24, 2.45) is 5.92 Å². The Balaban J connectivity index is 2.35. The Morgan fingerprint density at radius 1 is 1.29 bits per heavy atom. The van der Waals surface area contributed by atoms with Crippen molar-refractivity contribution in [3.63, 3.8) is 0 Å². The van der Waals surface area contributed by atoms with Crippen LogP contribution < -0.4 is 10.5 Å². The van der Waals surface area contributed by atoms with E-state index in [1.807, 2.05) is 31.4 Å². The summed E-state index contributed by atoms with van der Waals surface area (Å²) in [7, 11) is -3.67. The van der Waals surface area contributed by atoms with Crippen molar-refractivity contribution in [2.75, 3.05) is 5.73 Å². The minimum Gasteiger partial charge on any atom is -0.398 e. The standard InChI is InChI=1S/C14H17BrN2O2S2/c1-9(2)14(12-4-3-7-20-12)17-21(18,19)13-6-5-10(15)8-11(13)16/h3-9,14,17H,16H2,1-2H3. The largest absolute Gasteiger partial charge is 0.398 e. The second-order valence-electron chi connectivity index (χ2n) is 5.04. The minimum absolute atomic E-state index is 0.105. The van der Waals surface area contributed by atoms with Crippen LogP contribution in [0, 0.1) is 5.92 Å². The van der Waals surface area contributed by atoms with E-state index in [4.69, 9.17) is 5.73 Å². The van der Waals surface area contributed by atoms with Gasteiger partial charge in [0.15, 0.2) is 0 Å². The average molecular weight is 389 g/mol. The molecule has 1 atom stereocenters. The normalized spacial score (nSPS) is 13.5. The van der Waals surface area contributed by atoms with Gasteiger partial charge in [-0.1, -0.05) is 35.8 Å². The van der Waals surface area contributed by atoms with E-state index in [1.165, 1.54) is 17.4 Å². The van der Waals surface area contributed by atoms with Crippen molar-refractivity contribution in [2.45, 2.75) is 24.8 Å². The molecule has 21 heavy (non-hydrogen) atoms. The lowest BCUT2D eigenvalue weighted by molar-refractivity contribution is 0.469. The van der Waals surface area contributed by atoms with Gasteiger partial charge in [-0.3, -0.25) is 0 Å². The molecule has 0 amide bonds. The first kappa shape index (κ1) is 16.5. The number of hydrogen-bond donors (Lipinski definition) is 2. The van der Waals surface area contributed by atoms with E-state index in [1.54, 1.807) is 12.1 Å². The number of anilines is 1. The topological polar surface area (TPSA) is 72.2 Å². The van der Waals surface area contributed by atoms with E-state index >= 15 is 0 Å². The fourth-order valence-electron chi connectivity index (χ4n) is 1.99. The number of sulfonamides is 1.